The van der Waals surface area contributed by atoms with Gasteiger partial charge in [0.05, 0.1) is 6.61 Å². The summed E-state index contributed by atoms with van der Waals surface area (Å²) in [6.45, 7) is -0.936. The van der Waals surface area contributed by atoms with Crippen molar-refractivity contribution in [3.63, 3.8) is 0 Å². The number of pyridine rings is 1. The van der Waals surface area contributed by atoms with Crippen LogP contribution < -0.4 is 4.72 Å². The maximum absolute atomic E-state index is 11.7. The topological polar surface area (TPSA) is 160 Å². The molecule has 0 aliphatic carbocycles. The van der Waals surface area contributed by atoms with E-state index in [0.717, 1.165) is 18.3 Å². The van der Waals surface area contributed by atoms with Crippen molar-refractivity contribution in [2.75, 3.05) is 6.61 Å². The smallest absolute Gasteiger partial charge is 0.363 e. The molecule has 0 saturated carbocycles. The van der Waals surface area contributed by atoms with Crippen LogP contribution in [0.1, 0.15) is 0 Å². The fourth-order valence-corrected chi connectivity index (χ4v) is 2.19. The Morgan fingerprint density at radius 1 is 1.53 bits per heavy atom. The highest BCUT2D eigenvalue weighted by atomic mass is 32.2. The summed E-state index contributed by atoms with van der Waals surface area (Å²) in [5, 5.41) is 27.7. The summed E-state index contributed by atoms with van der Waals surface area (Å²) in [5.41, 5.74) is 0. The number of carbonyl (C=O) groups is 1. The molecule has 0 fully saturated rings. The molecule has 1 aromatic rings. The number of aliphatic hydroxyl groups excluding tert-OH is 1. The van der Waals surface area contributed by atoms with Crippen LogP contribution in [0.4, 0.5) is 5.82 Å². The minimum absolute atomic E-state index is 0.446. The predicted octanol–water partition coefficient (Wildman–Crippen LogP) is -1.29. The van der Waals surface area contributed by atoms with Crippen molar-refractivity contribution in [3.05, 3.63) is 28.4 Å². The van der Waals surface area contributed by atoms with E-state index in [-0.39, 0.29) is 0 Å². The summed E-state index contributed by atoms with van der Waals surface area (Å²) in [6, 6.07) is 0.0627. The van der Waals surface area contributed by atoms with Gasteiger partial charge in [0.2, 0.25) is 10.0 Å². The highest BCUT2D eigenvalue weighted by Crippen LogP contribution is 2.12. The van der Waals surface area contributed by atoms with Crippen LogP contribution in [0, 0.1) is 10.1 Å². The Hall–Kier alpha value is -2.11. The molecule has 0 saturated heterocycles. The molecule has 0 spiro atoms. The standard InChI is InChI=1S/C8H9N3O7S/c12-4-6(8(13)14)10-19(17,18)5-1-2-7(9-3-5)11(15)16/h1-3,6,10,12H,4H2,(H,13,14). The zero-order chi connectivity index (χ0) is 14.6. The Bertz CT molecular complexity index is 583. The fraction of sp³-hybridized carbons (Fsp3) is 0.250. The number of nitrogens with one attached hydrogen (secondary N) is 1. The van der Waals surface area contributed by atoms with E-state index in [2.05, 4.69) is 4.98 Å². The summed E-state index contributed by atoms with van der Waals surface area (Å²) in [4.78, 5) is 23.0. The van der Waals surface area contributed by atoms with Gasteiger partial charge in [-0.1, -0.05) is 0 Å². The largest absolute Gasteiger partial charge is 0.480 e. The minimum Gasteiger partial charge on any atom is -0.480 e. The fourth-order valence-electron chi connectivity index (χ4n) is 1.06. The number of carboxylic acids is 1. The molecule has 0 bridgehead atoms. The van der Waals surface area contributed by atoms with Crippen LogP contribution in [-0.2, 0) is 14.8 Å². The number of rotatable bonds is 6. The molecule has 1 unspecified atom stereocenters. The first-order chi connectivity index (χ1) is 8.77. The van der Waals surface area contributed by atoms with Gasteiger partial charge in [-0.3, -0.25) is 4.79 Å². The Morgan fingerprint density at radius 2 is 2.16 bits per heavy atom. The maximum Gasteiger partial charge on any atom is 0.363 e. The monoisotopic (exact) mass is 291 g/mol. The second-order valence-corrected chi connectivity index (χ2v) is 5.02. The molecular formula is C8H9N3O7S. The third-order valence-electron chi connectivity index (χ3n) is 2.00. The van der Waals surface area contributed by atoms with E-state index in [1.165, 1.54) is 0 Å². The molecule has 3 N–H and O–H groups in total. The Kier molecular flexibility index (Phi) is 4.47. The summed E-state index contributed by atoms with van der Waals surface area (Å²) in [5.74, 6) is -2.10. The quantitative estimate of drug-likeness (QED) is 0.431. The highest BCUT2D eigenvalue weighted by molar-refractivity contribution is 7.89. The van der Waals surface area contributed by atoms with Gasteiger partial charge >= 0.3 is 11.8 Å². The number of hydrogen-bond acceptors (Lipinski definition) is 7. The molecule has 1 atom stereocenters. The number of nitro groups is 1. The predicted molar refractivity (Wildman–Crippen MR) is 59.7 cm³/mol. The molecule has 0 amide bonds. The van der Waals surface area contributed by atoms with Crippen molar-refractivity contribution in [1.29, 1.82) is 0 Å². The van der Waals surface area contributed by atoms with E-state index in [1.54, 1.807) is 4.72 Å². The molecule has 1 rings (SSSR count). The second kappa shape index (κ2) is 5.69. The van der Waals surface area contributed by atoms with E-state index in [9.17, 15) is 23.3 Å². The van der Waals surface area contributed by atoms with Gasteiger partial charge in [0.1, 0.15) is 10.9 Å². The molecule has 1 heterocycles. The lowest BCUT2D eigenvalue weighted by Gasteiger charge is -2.11. The number of hydrogen-bond donors (Lipinski definition) is 3. The van der Waals surface area contributed by atoms with Crippen LogP contribution in [0.15, 0.2) is 23.2 Å². The highest BCUT2D eigenvalue weighted by Gasteiger charge is 2.26. The number of aromatic nitrogens is 1. The van der Waals surface area contributed by atoms with E-state index in [1.807, 2.05) is 0 Å². The van der Waals surface area contributed by atoms with Crippen molar-refractivity contribution in [2.24, 2.45) is 0 Å². The van der Waals surface area contributed by atoms with E-state index in [0.29, 0.717) is 0 Å². The maximum atomic E-state index is 11.7. The van der Waals surface area contributed by atoms with Crippen molar-refractivity contribution >= 4 is 21.8 Å². The lowest BCUT2D eigenvalue weighted by atomic mass is 10.3. The molecule has 10 nitrogen and oxygen atoms in total. The number of aliphatic hydroxyl groups is 1. The normalized spacial score (nSPS) is 12.9. The molecule has 1 aromatic heterocycles. The van der Waals surface area contributed by atoms with Crippen LogP contribution in [0.25, 0.3) is 0 Å². The average Bonchev–Trinajstić information content (AvgIpc) is 2.35. The van der Waals surface area contributed by atoms with Crippen molar-refractivity contribution in [1.82, 2.24) is 9.71 Å². The summed E-state index contributed by atoms with van der Waals surface area (Å²) in [7, 11) is -4.24. The summed E-state index contributed by atoms with van der Waals surface area (Å²) >= 11 is 0. The lowest BCUT2D eigenvalue weighted by Crippen LogP contribution is -2.43. The number of aliphatic carboxylic acids is 1. The molecular weight excluding hydrogens is 282 g/mol. The van der Waals surface area contributed by atoms with Crippen LogP contribution in [-0.4, -0.2) is 47.2 Å². The lowest BCUT2D eigenvalue weighted by molar-refractivity contribution is -0.389. The number of carboxylic acid groups (broad SMARTS) is 1. The van der Waals surface area contributed by atoms with E-state index >= 15 is 0 Å². The van der Waals surface area contributed by atoms with Crippen LogP contribution >= 0.6 is 0 Å². The van der Waals surface area contributed by atoms with Gasteiger partial charge in [-0.25, -0.2) is 8.42 Å². The Labute approximate surface area is 106 Å². The van der Waals surface area contributed by atoms with E-state index in [4.69, 9.17) is 10.2 Å². The Morgan fingerprint density at radius 3 is 2.53 bits per heavy atom. The number of nitrogens with zero attached hydrogens (tertiary/aromatic N) is 2. The molecule has 0 aromatic carbocycles. The van der Waals surface area contributed by atoms with Crippen molar-refractivity contribution in [3.8, 4) is 0 Å². The first-order valence-corrected chi connectivity index (χ1v) is 6.22. The third kappa shape index (κ3) is 3.67. The SMILES string of the molecule is O=C(O)C(CO)NS(=O)(=O)c1ccc([N+](=O)[O-])nc1. The average molecular weight is 291 g/mol. The molecule has 0 aliphatic rings. The summed E-state index contributed by atoms with van der Waals surface area (Å²) in [6.07, 6.45) is 0.719. The van der Waals surface area contributed by atoms with Crippen LogP contribution in [0.2, 0.25) is 0 Å². The van der Waals surface area contributed by atoms with E-state index < -0.39 is 44.3 Å². The molecule has 104 valence electrons. The van der Waals surface area contributed by atoms with Gasteiger partial charge in [-0.2, -0.15) is 4.72 Å². The van der Waals surface area contributed by atoms with Crippen molar-refractivity contribution in [2.45, 2.75) is 10.9 Å². The van der Waals surface area contributed by atoms with Gasteiger partial charge in [0.15, 0.2) is 6.20 Å². The zero-order valence-corrected chi connectivity index (χ0v) is 10.1. The Balaban J connectivity index is 3.00. The van der Waals surface area contributed by atoms with Gasteiger partial charge < -0.3 is 20.3 Å². The van der Waals surface area contributed by atoms with Gasteiger partial charge in [0, 0.05) is 6.07 Å². The first-order valence-electron chi connectivity index (χ1n) is 4.74. The third-order valence-corrected chi connectivity index (χ3v) is 3.45. The van der Waals surface area contributed by atoms with Crippen molar-refractivity contribution < 1.29 is 28.3 Å². The van der Waals surface area contributed by atoms with Gasteiger partial charge in [-0.15, -0.1) is 0 Å². The molecule has 11 heteroatoms. The van der Waals surface area contributed by atoms with Crippen LogP contribution in [0.3, 0.4) is 0 Å². The van der Waals surface area contributed by atoms with Gasteiger partial charge in [-0.05, 0) is 16.0 Å². The number of sulfonamides is 1. The zero-order valence-electron chi connectivity index (χ0n) is 9.25. The first kappa shape index (κ1) is 14.9. The van der Waals surface area contributed by atoms with Gasteiger partial charge in [0.25, 0.3) is 0 Å². The summed E-state index contributed by atoms with van der Waals surface area (Å²) < 4.78 is 25.1. The molecule has 0 radical (unpaired) electrons. The minimum atomic E-state index is -4.24. The molecule has 0 aliphatic heterocycles. The molecule has 19 heavy (non-hydrogen) atoms. The van der Waals surface area contributed by atoms with Crippen LogP contribution in [0.5, 0.6) is 0 Å². The second-order valence-electron chi connectivity index (χ2n) is 3.30.